The van der Waals surface area contributed by atoms with Gasteiger partial charge in [0.2, 0.25) is 0 Å². The molecule has 0 amide bonds. The molecule has 0 aromatic heterocycles. The van der Waals surface area contributed by atoms with Gasteiger partial charge in [-0.3, -0.25) is 4.79 Å². The van der Waals surface area contributed by atoms with Crippen LogP contribution in [-0.2, 0) is 14.7 Å². The van der Waals surface area contributed by atoms with Gasteiger partial charge in [0.15, 0.2) is 0 Å². The predicted molar refractivity (Wildman–Crippen MR) is 44.9 cm³/mol. The molecule has 1 aromatic rings. The maximum atomic E-state index is 9.75. The van der Waals surface area contributed by atoms with Crippen LogP contribution in [-0.4, -0.2) is 6.47 Å². The Kier molecular flexibility index (Phi) is 3.55. The molecule has 1 rings (SSSR count). The zero-order valence-electron chi connectivity index (χ0n) is 5.90. The van der Waals surface area contributed by atoms with Crippen molar-refractivity contribution in [1.29, 1.82) is 0 Å². The SMILES string of the molecule is O=COSCc1ccccc1. The molecule has 0 bridgehead atoms. The maximum Gasteiger partial charge on any atom is 0.305 e. The number of carbonyl (C=O) groups is 1. The van der Waals surface area contributed by atoms with Gasteiger partial charge in [-0.15, -0.1) is 0 Å². The summed E-state index contributed by atoms with van der Waals surface area (Å²) in [6, 6.07) is 9.84. The van der Waals surface area contributed by atoms with Gasteiger partial charge in [0.05, 0.1) is 17.8 Å². The van der Waals surface area contributed by atoms with Crippen molar-refractivity contribution in [3.05, 3.63) is 35.9 Å². The molecule has 11 heavy (non-hydrogen) atoms. The molecule has 0 aliphatic heterocycles. The molecule has 0 heterocycles. The Hall–Kier alpha value is -0.960. The van der Waals surface area contributed by atoms with E-state index >= 15 is 0 Å². The molecular weight excluding hydrogens is 160 g/mol. The highest BCUT2D eigenvalue weighted by Crippen LogP contribution is 2.10. The summed E-state index contributed by atoms with van der Waals surface area (Å²) in [6.07, 6.45) is 0. The van der Waals surface area contributed by atoms with E-state index in [4.69, 9.17) is 0 Å². The van der Waals surface area contributed by atoms with E-state index in [0.717, 1.165) is 17.6 Å². The van der Waals surface area contributed by atoms with Crippen LogP contribution in [0.3, 0.4) is 0 Å². The Morgan fingerprint density at radius 1 is 1.36 bits per heavy atom. The Bertz CT molecular complexity index is 211. The average molecular weight is 168 g/mol. The Balaban J connectivity index is 2.33. The van der Waals surface area contributed by atoms with E-state index in [1.54, 1.807) is 0 Å². The Labute approximate surface area is 69.8 Å². The maximum absolute atomic E-state index is 9.75. The normalized spacial score (nSPS) is 9.09. The molecule has 0 saturated heterocycles. The van der Waals surface area contributed by atoms with Gasteiger partial charge in [0.25, 0.3) is 0 Å². The molecule has 0 radical (unpaired) electrons. The molecule has 0 unspecified atom stereocenters. The fraction of sp³-hybridized carbons (Fsp3) is 0.125. The number of carbonyl (C=O) groups excluding carboxylic acids is 1. The molecule has 0 atom stereocenters. The molecule has 0 aliphatic rings. The van der Waals surface area contributed by atoms with Gasteiger partial charge >= 0.3 is 6.47 Å². The van der Waals surface area contributed by atoms with Gasteiger partial charge in [0.1, 0.15) is 0 Å². The minimum atomic E-state index is 0.438. The quantitative estimate of drug-likeness (QED) is 0.391. The third kappa shape index (κ3) is 3.09. The molecule has 3 heteroatoms. The lowest BCUT2D eigenvalue weighted by Gasteiger charge is -1.96. The van der Waals surface area contributed by atoms with Gasteiger partial charge in [-0.05, 0) is 5.56 Å². The second-order valence-corrected chi connectivity index (χ2v) is 2.66. The molecular formula is C8H8O2S. The van der Waals surface area contributed by atoms with Crippen molar-refractivity contribution < 1.29 is 8.98 Å². The van der Waals surface area contributed by atoms with Gasteiger partial charge in [-0.1, -0.05) is 30.3 Å². The first-order valence-corrected chi connectivity index (χ1v) is 4.10. The first kappa shape index (κ1) is 8.14. The first-order valence-electron chi connectivity index (χ1n) is 3.19. The van der Waals surface area contributed by atoms with Gasteiger partial charge in [0, 0.05) is 0 Å². The molecule has 58 valence electrons. The third-order valence-corrected chi connectivity index (χ3v) is 1.84. The second kappa shape index (κ2) is 4.79. The summed E-state index contributed by atoms with van der Waals surface area (Å²) in [5.74, 6) is 0.708. The zero-order valence-corrected chi connectivity index (χ0v) is 6.71. The summed E-state index contributed by atoms with van der Waals surface area (Å²) in [5.41, 5.74) is 1.15. The standard InChI is InChI=1S/C8H8O2S/c9-7-10-11-6-8-4-2-1-3-5-8/h1-5,7H,6H2. The van der Waals surface area contributed by atoms with Crippen LogP contribution in [0.1, 0.15) is 5.56 Å². The van der Waals surface area contributed by atoms with Crippen molar-refractivity contribution in [1.82, 2.24) is 0 Å². The van der Waals surface area contributed by atoms with E-state index in [2.05, 4.69) is 4.18 Å². The van der Waals surface area contributed by atoms with E-state index in [0.29, 0.717) is 12.2 Å². The lowest BCUT2D eigenvalue weighted by atomic mass is 10.2. The fourth-order valence-electron chi connectivity index (χ4n) is 0.704. The number of rotatable bonds is 4. The fourth-order valence-corrected chi connectivity index (χ4v) is 1.16. The monoisotopic (exact) mass is 168 g/mol. The van der Waals surface area contributed by atoms with Crippen molar-refractivity contribution in [2.45, 2.75) is 5.75 Å². The van der Waals surface area contributed by atoms with Crippen LogP contribution in [0.25, 0.3) is 0 Å². The second-order valence-electron chi connectivity index (χ2n) is 1.94. The van der Waals surface area contributed by atoms with Crippen molar-refractivity contribution in [2.24, 2.45) is 0 Å². The molecule has 0 spiro atoms. The first-order chi connectivity index (χ1) is 5.43. The van der Waals surface area contributed by atoms with Crippen LogP contribution in [0, 0.1) is 0 Å². The highest BCUT2D eigenvalue weighted by Gasteiger charge is 1.90. The summed E-state index contributed by atoms with van der Waals surface area (Å²) >= 11 is 1.14. The summed E-state index contributed by atoms with van der Waals surface area (Å²) in [7, 11) is 0. The predicted octanol–water partition coefficient (Wildman–Crippen LogP) is 2.01. The van der Waals surface area contributed by atoms with Crippen LogP contribution >= 0.6 is 12.0 Å². The van der Waals surface area contributed by atoms with E-state index in [1.165, 1.54) is 0 Å². The Morgan fingerprint density at radius 3 is 2.73 bits per heavy atom. The van der Waals surface area contributed by atoms with E-state index in [9.17, 15) is 4.79 Å². The largest absolute Gasteiger partial charge is 0.393 e. The van der Waals surface area contributed by atoms with E-state index in [1.807, 2.05) is 30.3 Å². The minimum Gasteiger partial charge on any atom is -0.393 e. The zero-order chi connectivity index (χ0) is 7.94. The van der Waals surface area contributed by atoms with Crippen LogP contribution < -0.4 is 0 Å². The van der Waals surface area contributed by atoms with Crippen molar-refractivity contribution in [3.8, 4) is 0 Å². The topological polar surface area (TPSA) is 26.3 Å². The lowest BCUT2D eigenvalue weighted by molar-refractivity contribution is -0.119. The van der Waals surface area contributed by atoms with Gasteiger partial charge in [-0.2, -0.15) is 0 Å². The molecule has 2 nitrogen and oxygen atoms in total. The summed E-state index contributed by atoms with van der Waals surface area (Å²) < 4.78 is 4.47. The molecule has 0 saturated carbocycles. The molecule has 1 aromatic carbocycles. The molecule has 0 fully saturated rings. The van der Waals surface area contributed by atoms with Crippen molar-refractivity contribution in [3.63, 3.8) is 0 Å². The van der Waals surface area contributed by atoms with E-state index in [-0.39, 0.29) is 0 Å². The average Bonchev–Trinajstić information content (AvgIpc) is 2.07. The van der Waals surface area contributed by atoms with Crippen molar-refractivity contribution >= 4 is 18.5 Å². The highest BCUT2D eigenvalue weighted by molar-refractivity contribution is 7.94. The smallest absolute Gasteiger partial charge is 0.305 e. The van der Waals surface area contributed by atoms with E-state index < -0.39 is 0 Å². The third-order valence-electron chi connectivity index (χ3n) is 1.18. The highest BCUT2D eigenvalue weighted by atomic mass is 32.2. The summed E-state index contributed by atoms with van der Waals surface area (Å²) in [4.78, 5) is 9.75. The molecule has 0 N–H and O–H groups in total. The Morgan fingerprint density at radius 2 is 2.09 bits per heavy atom. The van der Waals surface area contributed by atoms with Crippen LogP contribution in [0.15, 0.2) is 30.3 Å². The van der Waals surface area contributed by atoms with Crippen LogP contribution in [0.4, 0.5) is 0 Å². The summed E-state index contributed by atoms with van der Waals surface area (Å²) in [5, 5.41) is 0. The van der Waals surface area contributed by atoms with Crippen LogP contribution in [0.5, 0.6) is 0 Å². The number of hydrogen-bond donors (Lipinski definition) is 0. The molecule has 0 aliphatic carbocycles. The van der Waals surface area contributed by atoms with Gasteiger partial charge in [-0.25, -0.2) is 0 Å². The lowest BCUT2D eigenvalue weighted by Crippen LogP contribution is -1.80. The minimum absolute atomic E-state index is 0.438. The number of benzene rings is 1. The van der Waals surface area contributed by atoms with Crippen molar-refractivity contribution in [2.75, 3.05) is 0 Å². The van der Waals surface area contributed by atoms with Crippen LogP contribution in [0.2, 0.25) is 0 Å². The number of hydrogen-bond acceptors (Lipinski definition) is 3. The van der Waals surface area contributed by atoms with Gasteiger partial charge < -0.3 is 4.18 Å². The summed E-state index contributed by atoms with van der Waals surface area (Å²) in [6.45, 7) is 0.438.